The van der Waals surface area contributed by atoms with Gasteiger partial charge in [0.05, 0.1) is 6.54 Å². The maximum atomic E-state index is 11.8. The summed E-state index contributed by atoms with van der Waals surface area (Å²) in [5, 5.41) is 4.15. The van der Waals surface area contributed by atoms with Gasteiger partial charge in [-0.25, -0.2) is 9.48 Å². The van der Waals surface area contributed by atoms with Crippen LogP contribution in [0.4, 0.5) is 0 Å². The number of hydrogen-bond donors (Lipinski definition) is 0. The zero-order valence-corrected chi connectivity index (χ0v) is 10.5. The van der Waals surface area contributed by atoms with Crippen LogP contribution in [0.3, 0.4) is 0 Å². The first-order valence-corrected chi connectivity index (χ1v) is 6.42. The van der Waals surface area contributed by atoms with Crippen molar-refractivity contribution in [1.82, 2.24) is 14.3 Å². The van der Waals surface area contributed by atoms with Crippen molar-refractivity contribution in [1.29, 1.82) is 0 Å². The van der Waals surface area contributed by atoms with E-state index in [0.717, 1.165) is 12.8 Å². The number of fused-ring (bicyclic) bond motifs is 1. The number of hydrogen-bond acceptors (Lipinski definition) is 2. The lowest BCUT2D eigenvalue weighted by Gasteiger charge is -2.24. The van der Waals surface area contributed by atoms with Crippen molar-refractivity contribution >= 4 is 0 Å². The molecular formula is C14H17N3O. The maximum absolute atomic E-state index is 11.8. The Morgan fingerprint density at radius 3 is 3.00 bits per heavy atom. The molecule has 0 saturated heterocycles. The van der Waals surface area contributed by atoms with Crippen molar-refractivity contribution < 1.29 is 0 Å². The quantitative estimate of drug-likeness (QED) is 0.805. The number of aromatic nitrogens is 3. The Bertz CT molecular complexity index is 611. The highest BCUT2D eigenvalue weighted by atomic mass is 16.2. The molecular weight excluding hydrogens is 226 g/mol. The Morgan fingerprint density at radius 1 is 1.39 bits per heavy atom. The third-order valence-electron chi connectivity index (χ3n) is 3.77. The normalized spacial score (nSPS) is 18.6. The van der Waals surface area contributed by atoms with Crippen LogP contribution in [0.25, 0.3) is 0 Å². The fourth-order valence-corrected chi connectivity index (χ4v) is 2.80. The summed E-state index contributed by atoms with van der Waals surface area (Å²) in [7, 11) is 1.74. The molecule has 1 atom stereocenters. The number of nitrogens with zero attached hydrogens (tertiary/aromatic N) is 3. The zero-order chi connectivity index (χ0) is 12.5. The minimum Gasteiger partial charge on any atom is -0.285 e. The fraction of sp³-hybridized carbons (Fsp3) is 0.429. The lowest BCUT2D eigenvalue weighted by molar-refractivity contribution is 0.446. The molecule has 0 bridgehead atoms. The first kappa shape index (κ1) is 11.3. The third kappa shape index (κ3) is 1.88. The minimum absolute atomic E-state index is 0.0296. The Hall–Kier alpha value is -1.84. The molecule has 0 aliphatic heterocycles. The van der Waals surface area contributed by atoms with E-state index in [1.165, 1.54) is 22.1 Å². The summed E-state index contributed by atoms with van der Waals surface area (Å²) in [5.41, 5.74) is 2.79. The van der Waals surface area contributed by atoms with Crippen molar-refractivity contribution in [3.63, 3.8) is 0 Å². The van der Waals surface area contributed by atoms with E-state index in [0.29, 0.717) is 12.5 Å². The molecule has 0 N–H and O–H groups in total. The topological polar surface area (TPSA) is 39.8 Å². The molecule has 1 unspecified atom stereocenters. The smallest absolute Gasteiger partial charge is 0.285 e. The van der Waals surface area contributed by atoms with E-state index in [-0.39, 0.29) is 5.69 Å². The molecule has 1 aliphatic rings. The zero-order valence-electron chi connectivity index (χ0n) is 10.5. The molecule has 0 amide bonds. The summed E-state index contributed by atoms with van der Waals surface area (Å²) < 4.78 is 3.10. The van der Waals surface area contributed by atoms with Gasteiger partial charge in [0.1, 0.15) is 6.33 Å². The van der Waals surface area contributed by atoms with Gasteiger partial charge in [-0.2, -0.15) is 5.10 Å². The van der Waals surface area contributed by atoms with Crippen LogP contribution in [0.15, 0.2) is 35.4 Å². The third-order valence-corrected chi connectivity index (χ3v) is 3.77. The van der Waals surface area contributed by atoms with Crippen LogP contribution in [0, 0.1) is 0 Å². The second-order valence-corrected chi connectivity index (χ2v) is 4.99. The second-order valence-electron chi connectivity index (χ2n) is 4.99. The first-order chi connectivity index (χ1) is 8.75. The average molecular weight is 243 g/mol. The second kappa shape index (κ2) is 4.44. The van der Waals surface area contributed by atoms with Crippen molar-refractivity contribution in [2.24, 2.45) is 7.05 Å². The molecule has 1 aliphatic carbocycles. The minimum atomic E-state index is -0.0296. The van der Waals surface area contributed by atoms with Crippen molar-refractivity contribution in [2.45, 2.75) is 31.7 Å². The van der Waals surface area contributed by atoms with Gasteiger partial charge in [-0.05, 0) is 30.4 Å². The van der Waals surface area contributed by atoms with Gasteiger partial charge >= 0.3 is 5.69 Å². The van der Waals surface area contributed by atoms with E-state index in [4.69, 9.17) is 0 Å². The Morgan fingerprint density at radius 2 is 2.22 bits per heavy atom. The summed E-state index contributed by atoms with van der Waals surface area (Å²) >= 11 is 0. The molecule has 0 fully saturated rings. The van der Waals surface area contributed by atoms with Gasteiger partial charge in [0.15, 0.2) is 0 Å². The molecule has 0 saturated carbocycles. The van der Waals surface area contributed by atoms with E-state index in [9.17, 15) is 4.79 Å². The highest BCUT2D eigenvalue weighted by molar-refractivity contribution is 5.32. The molecule has 1 heterocycles. The first-order valence-electron chi connectivity index (χ1n) is 6.42. The van der Waals surface area contributed by atoms with E-state index >= 15 is 0 Å². The number of aryl methyl sites for hydroxylation is 2. The fourth-order valence-electron chi connectivity index (χ4n) is 2.80. The van der Waals surface area contributed by atoms with E-state index in [1.807, 2.05) is 0 Å². The highest BCUT2D eigenvalue weighted by Crippen LogP contribution is 2.32. The Balaban J connectivity index is 1.91. The summed E-state index contributed by atoms with van der Waals surface area (Å²) in [4.78, 5) is 11.8. The van der Waals surface area contributed by atoms with Crippen molar-refractivity contribution in [2.75, 3.05) is 0 Å². The summed E-state index contributed by atoms with van der Waals surface area (Å²) in [6.07, 6.45) is 5.07. The molecule has 4 nitrogen and oxygen atoms in total. The van der Waals surface area contributed by atoms with Gasteiger partial charge in [0, 0.05) is 13.0 Å². The van der Waals surface area contributed by atoms with Crippen LogP contribution < -0.4 is 5.69 Å². The predicted octanol–water partition coefficient (Wildman–Crippen LogP) is 1.70. The molecule has 4 heteroatoms. The summed E-state index contributed by atoms with van der Waals surface area (Å²) in [6.45, 7) is 0.691. The molecule has 2 aromatic rings. The van der Waals surface area contributed by atoms with E-state index in [2.05, 4.69) is 29.4 Å². The molecule has 1 aromatic heterocycles. The van der Waals surface area contributed by atoms with E-state index < -0.39 is 0 Å². The molecule has 3 rings (SSSR count). The molecule has 0 radical (unpaired) electrons. The van der Waals surface area contributed by atoms with Crippen LogP contribution in [-0.4, -0.2) is 14.3 Å². The summed E-state index contributed by atoms with van der Waals surface area (Å²) in [6, 6.07) is 8.56. The van der Waals surface area contributed by atoms with Gasteiger partial charge < -0.3 is 0 Å². The average Bonchev–Trinajstić information content (AvgIpc) is 2.71. The lowest BCUT2D eigenvalue weighted by atomic mass is 9.83. The summed E-state index contributed by atoms with van der Waals surface area (Å²) in [5.74, 6) is 0.419. The van der Waals surface area contributed by atoms with Crippen LogP contribution in [0.1, 0.15) is 29.9 Å². The highest BCUT2D eigenvalue weighted by Gasteiger charge is 2.21. The van der Waals surface area contributed by atoms with Gasteiger partial charge in [-0.1, -0.05) is 24.3 Å². The lowest BCUT2D eigenvalue weighted by Crippen LogP contribution is -2.27. The number of rotatable bonds is 2. The van der Waals surface area contributed by atoms with Crippen molar-refractivity contribution in [3.05, 3.63) is 52.2 Å². The van der Waals surface area contributed by atoms with Gasteiger partial charge in [-0.15, -0.1) is 0 Å². The van der Waals surface area contributed by atoms with Gasteiger partial charge in [0.2, 0.25) is 0 Å². The predicted molar refractivity (Wildman–Crippen MR) is 69.6 cm³/mol. The standard InChI is InChI=1S/C14H17N3O/c1-16-10-15-17(14(16)18)9-12-7-4-6-11-5-2-3-8-13(11)12/h2-3,5,8,10,12H,4,6-7,9H2,1H3. The van der Waals surface area contributed by atoms with Gasteiger partial charge in [-0.3, -0.25) is 4.57 Å². The monoisotopic (exact) mass is 243 g/mol. The molecule has 0 spiro atoms. The van der Waals surface area contributed by atoms with Crippen LogP contribution >= 0.6 is 0 Å². The Kier molecular flexibility index (Phi) is 2.78. The SMILES string of the molecule is Cn1cnn(CC2CCCc3ccccc32)c1=O. The largest absolute Gasteiger partial charge is 0.345 e. The Labute approximate surface area is 106 Å². The van der Waals surface area contributed by atoms with Crippen LogP contribution in [0.5, 0.6) is 0 Å². The number of benzene rings is 1. The van der Waals surface area contributed by atoms with Crippen LogP contribution in [0.2, 0.25) is 0 Å². The maximum Gasteiger partial charge on any atom is 0.345 e. The molecule has 1 aromatic carbocycles. The molecule has 94 valence electrons. The van der Waals surface area contributed by atoms with Crippen LogP contribution in [-0.2, 0) is 20.0 Å². The molecule has 18 heavy (non-hydrogen) atoms. The van der Waals surface area contributed by atoms with Crippen molar-refractivity contribution in [3.8, 4) is 0 Å². The van der Waals surface area contributed by atoms with Gasteiger partial charge in [0.25, 0.3) is 0 Å². The van der Waals surface area contributed by atoms with E-state index in [1.54, 1.807) is 18.1 Å².